The largest absolute Gasteiger partial charge is 0.481 e. The summed E-state index contributed by atoms with van der Waals surface area (Å²) in [6.07, 6.45) is 5.03. The number of carbonyl (C=O) groups excluding carboxylic acids is 1. The number of aliphatic carboxylic acids is 1. The van der Waals surface area contributed by atoms with Crippen molar-refractivity contribution in [2.75, 3.05) is 0 Å². The number of carboxylic acid groups (broad SMARTS) is 1. The number of carbonyl (C=O) groups is 2. The van der Waals surface area contributed by atoms with Crippen molar-refractivity contribution < 1.29 is 14.7 Å². The van der Waals surface area contributed by atoms with Crippen molar-refractivity contribution in [3.63, 3.8) is 0 Å². The molecule has 1 fully saturated rings. The third-order valence-electron chi connectivity index (χ3n) is 7.25. The van der Waals surface area contributed by atoms with Crippen LogP contribution >= 0.6 is 0 Å². The Hall–Kier alpha value is -3.47. The second kappa shape index (κ2) is 10.2. The summed E-state index contributed by atoms with van der Waals surface area (Å²) in [5.41, 5.74) is 5.42. The van der Waals surface area contributed by atoms with Gasteiger partial charge in [0.25, 0.3) is 5.56 Å². The van der Waals surface area contributed by atoms with Crippen molar-refractivity contribution in [3.05, 3.63) is 105 Å². The van der Waals surface area contributed by atoms with Crippen LogP contribution in [-0.2, 0) is 4.79 Å². The summed E-state index contributed by atoms with van der Waals surface area (Å²) in [7, 11) is 0. The first-order valence-corrected chi connectivity index (χ1v) is 11.9. The molecule has 5 nitrogen and oxygen atoms in total. The molecule has 1 saturated carbocycles. The summed E-state index contributed by atoms with van der Waals surface area (Å²) in [5.74, 6) is -0.630. The lowest BCUT2D eigenvalue weighted by Gasteiger charge is -2.27. The van der Waals surface area contributed by atoms with Crippen molar-refractivity contribution in [1.82, 2.24) is 4.98 Å². The van der Waals surface area contributed by atoms with Crippen LogP contribution in [0.3, 0.4) is 0 Å². The zero-order valence-corrected chi connectivity index (χ0v) is 19.7. The van der Waals surface area contributed by atoms with Crippen LogP contribution < -0.4 is 5.56 Å². The molecule has 1 aliphatic carbocycles. The quantitative estimate of drug-likeness (QED) is 0.442. The van der Waals surface area contributed by atoms with E-state index in [0.717, 1.165) is 42.4 Å². The highest BCUT2D eigenvalue weighted by Crippen LogP contribution is 2.37. The van der Waals surface area contributed by atoms with E-state index >= 15 is 0 Å². The molecular weight excluding hydrogens is 426 g/mol. The van der Waals surface area contributed by atoms with E-state index in [4.69, 9.17) is 0 Å². The lowest BCUT2D eigenvalue weighted by atomic mass is 9.78. The van der Waals surface area contributed by atoms with Gasteiger partial charge >= 0.3 is 5.97 Å². The number of aromatic amines is 1. The highest BCUT2D eigenvalue weighted by molar-refractivity contribution is 5.96. The second-order valence-corrected chi connectivity index (χ2v) is 9.49. The van der Waals surface area contributed by atoms with Crippen LogP contribution in [0, 0.1) is 19.8 Å². The van der Waals surface area contributed by atoms with Gasteiger partial charge in [0, 0.05) is 29.7 Å². The standard InChI is InChI=1S/C29H31NO4/c1-18-5-3-4-6-25(18)26(16-27(31)24-15-19(2)28(32)30-17-24)22-11-7-20(8-12-22)21-9-13-23(14-10-21)29(33)34/h3-8,11-12,15,17,21,23,26H,9-10,13-14,16H2,1-2H3,(H,30,32)(H,33,34)/t21?,23?,26-/m0/s1. The van der Waals surface area contributed by atoms with Gasteiger partial charge < -0.3 is 10.1 Å². The Labute approximate surface area is 199 Å². The molecule has 0 bridgehead atoms. The summed E-state index contributed by atoms with van der Waals surface area (Å²) < 4.78 is 0. The van der Waals surface area contributed by atoms with Crippen LogP contribution in [0.15, 0.2) is 65.6 Å². The first kappa shape index (κ1) is 23.7. The molecule has 0 amide bonds. The molecule has 34 heavy (non-hydrogen) atoms. The lowest BCUT2D eigenvalue weighted by Crippen LogP contribution is -2.20. The SMILES string of the molecule is Cc1ccccc1[C@@H](CC(=O)c1c[nH]c(=O)c(C)c1)c1ccc(C2CCC(C(=O)O)CC2)cc1. The van der Waals surface area contributed by atoms with Gasteiger partial charge in [-0.25, -0.2) is 0 Å². The number of carboxylic acids is 1. The second-order valence-electron chi connectivity index (χ2n) is 9.49. The Bertz CT molecular complexity index is 1230. The van der Waals surface area contributed by atoms with E-state index in [9.17, 15) is 19.5 Å². The first-order valence-electron chi connectivity index (χ1n) is 11.9. The smallest absolute Gasteiger partial charge is 0.306 e. The highest BCUT2D eigenvalue weighted by atomic mass is 16.4. The van der Waals surface area contributed by atoms with Gasteiger partial charge in [0.05, 0.1) is 5.92 Å². The van der Waals surface area contributed by atoms with Crippen LogP contribution in [0.5, 0.6) is 0 Å². The predicted molar refractivity (Wildman–Crippen MR) is 133 cm³/mol. The Balaban J connectivity index is 1.59. The number of benzene rings is 2. The number of hydrogen-bond donors (Lipinski definition) is 2. The molecule has 0 spiro atoms. The molecule has 176 valence electrons. The third-order valence-corrected chi connectivity index (χ3v) is 7.25. The molecule has 2 aromatic carbocycles. The summed E-state index contributed by atoms with van der Waals surface area (Å²) in [6.45, 7) is 3.77. The van der Waals surface area contributed by atoms with Crippen molar-refractivity contribution in [2.24, 2.45) is 5.92 Å². The van der Waals surface area contributed by atoms with Crippen LogP contribution in [0.1, 0.15) is 82.1 Å². The van der Waals surface area contributed by atoms with Gasteiger partial charge in [-0.1, -0.05) is 48.5 Å². The molecule has 0 saturated heterocycles. The first-order chi connectivity index (χ1) is 16.3. The Morgan fingerprint density at radius 3 is 2.26 bits per heavy atom. The number of ketones is 1. The lowest BCUT2D eigenvalue weighted by molar-refractivity contribution is -0.142. The van der Waals surface area contributed by atoms with Crippen molar-refractivity contribution in [3.8, 4) is 0 Å². The molecule has 1 aromatic heterocycles. The maximum absolute atomic E-state index is 13.2. The number of Topliss-reactive ketones (excluding diaryl/α,β-unsaturated/α-hetero) is 1. The van der Waals surface area contributed by atoms with E-state index in [1.54, 1.807) is 13.0 Å². The monoisotopic (exact) mass is 457 g/mol. The van der Waals surface area contributed by atoms with E-state index in [1.165, 1.54) is 11.8 Å². The molecule has 1 atom stereocenters. The zero-order valence-electron chi connectivity index (χ0n) is 19.7. The molecule has 0 radical (unpaired) electrons. The van der Waals surface area contributed by atoms with E-state index in [0.29, 0.717) is 23.5 Å². The average Bonchev–Trinajstić information content (AvgIpc) is 2.85. The van der Waals surface area contributed by atoms with E-state index in [2.05, 4.69) is 48.3 Å². The van der Waals surface area contributed by atoms with Gasteiger partial charge in [-0.05, 0) is 73.8 Å². The van der Waals surface area contributed by atoms with E-state index in [1.807, 2.05) is 12.1 Å². The summed E-state index contributed by atoms with van der Waals surface area (Å²) in [4.78, 5) is 38.8. The molecule has 4 rings (SSSR count). The topological polar surface area (TPSA) is 87.2 Å². The number of aromatic nitrogens is 1. The molecule has 1 aliphatic rings. The van der Waals surface area contributed by atoms with Gasteiger partial charge in [0.1, 0.15) is 0 Å². The minimum atomic E-state index is -0.683. The van der Waals surface area contributed by atoms with Gasteiger partial charge in [-0.2, -0.15) is 0 Å². The fraction of sp³-hybridized carbons (Fsp3) is 0.345. The molecule has 0 aliphatic heterocycles. The summed E-state index contributed by atoms with van der Waals surface area (Å²) >= 11 is 0. The minimum absolute atomic E-state index is 0.0105. The summed E-state index contributed by atoms with van der Waals surface area (Å²) in [6, 6.07) is 18.3. The maximum Gasteiger partial charge on any atom is 0.306 e. The molecule has 5 heteroatoms. The normalized spacial score (nSPS) is 18.9. The predicted octanol–water partition coefficient (Wildman–Crippen LogP) is 5.76. The molecular formula is C29H31NO4. The van der Waals surface area contributed by atoms with Gasteiger partial charge in [0.2, 0.25) is 0 Å². The van der Waals surface area contributed by atoms with Gasteiger partial charge in [-0.3, -0.25) is 14.4 Å². The highest BCUT2D eigenvalue weighted by Gasteiger charge is 2.27. The maximum atomic E-state index is 13.2. The van der Waals surface area contributed by atoms with Crippen molar-refractivity contribution in [2.45, 2.75) is 57.8 Å². The van der Waals surface area contributed by atoms with Gasteiger partial charge in [-0.15, -0.1) is 0 Å². The Kier molecular flexibility index (Phi) is 7.11. The summed E-state index contributed by atoms with van der Waals surface area (Å²) in [5, 5.41) is 9.26. The Morgan fingerprint density at radius 1 is 0.971 bits per heavy atom. The van der Waals surface area contributed by atoms with Crippen molar-refractivity contribution in [1.29, 1.82) is 0 Å². The number of aryl methyl sites for hydroxylation is 2. The zero-order chi connectivity index (χ0) is 24.2. The van der Waals surface area contributed by atoms with Crippen molar-refractivity contribution >= 4 is 11.8 Å². The van der Waals surface area contributed by atoms with Crippen LogP contribution in [-0.4, -0.2) is 21.8 Å². The molecule has 0 unspecified atom stereocenters. The van der Waals surface area contributed by atoms with Crippen LogP contribution in [0.4, 0.5) is 0 Å². The van der Waals surface area contributed by atoms with E-state index in [-0.39, 0.29) is 23.2 Å². The third kappa shape index (κ3) is 5.19. The fourth-order valence-electron chi connectivity index (χ4n) is 5.12. The molecule has 3 aromatic rings. The number of pyridine rings is 1. The van der Waals surface area contributed by atoms with Gasteiger partial charge in [0.15, 0.2) is 5.78 Å². The number of rotatable bonds is 7. The van der Waals surface area contributed by atoms with Crippen LogP contribution in [0.2, 0.25) is 0 Å². The fourth-order valence-corrected chi connectivity index (χ4v) is 5.12. The Morgan fingerprint density at radius 2 is 1.65 bits per heavy atom. The van der Waals surface area contributed by atoms with E-state index < -0.39 is 5.97 Å². The number of hydrogen-bond acceptors (Lipinski definition) is 3. The molecule has 1 heterocycles. The van der Waals surface area contributed by atoms with Crippen LogP contribution in [0.25, 0.3) is 0 Å². The number of H-pyrrole nitrogens is 1. The average molecular weight is 458 g/mol. The number of nitrogens with one attached hydrogen (secondary N) is 1. The minimum Gasteiger partial charge on any atom is -0.481 e. The molecule has 2 N–H and O–H groups in total.